The number of rotatable bonds is 5. The SMILES string of the molecule is COCc1c(-c2ccc(Cl)c(Cl)c2)c(C(=O)OC)c(=O)n(-c2ccc(F)cc2F)c1C. The topological polar surface area (TPSA) is 57.5 Å². The smallest absolute Gasteiger partial charge is 0.344 e. The number of hydrogen-bond donors (Lipinski definition) is 0. The van der Waals surface area contributed by atoms with Crippen molar-refractivity contribution >= 4 is 29.2 Å². The van der Waals surface area contributed by atoms with E-state index in [1.54, 1.807) is 13.0 Å². The van der Waals surface area contributed by atoms with Crippen LogP contribution in [0, 0.1) is 18.6 Å². The van der Waals surface area contributed by atoms with Crippen molar-refractivity contribution in [3.8, 4) is 16.8 Å². The van der Waals surface area contributed by atoms with Gasteiger partial charge in [-0.1, -0.05) is 29.3 Å². The molecule has 31 heavy (non-hydrogen) atoms. The summed E-state index contributed by atoms with van der Waals surface area (Å²) in [7, 11) is 2.56. The van der Waals surface area contributed by atoms with E-state index in [1.165, 1.54) is 19.2 Å². The number of halogens is 4. The number of nitrogens with zero attached hydrogens (tertiary/aromatic N) is 1. The van der Waals surface area contributed by atoms with E-state index < -0.39 is 23.2 Å². The predicted octanol–water partition coefficient (Wildman–Crippen LogP) is 5.33. The van der Waals surface area contributed by atoms with Gasteiger partial charge in [0.05, 0.1) is 29.4 Å². The molecule has 0 saturated heterocycles. The fraction of sp³-hybridized carbons (Fsp3) is 0.182. The Morgan fingerprint density at radius 3 is 2.35 bits per heavy atom. The first-order valence-corrected chi connectivity index (χ1v) is 9.73. The summed E-state index contributed by atoms with van der Waals surface area (Å²) in [5.74, 6) is -2.70. The Labute approximate surface area is 186 Å². The van der Waals surface area contributed by atoms with Crippen molar-refractivity contribution in [2.24, 2.45) is 0 Å². The number of benzene rings is 2. The minimum atomic E-state index is -0.966. The lowest BCUT2D eigenvalue weighted by atomic mass is 9.94. The highest BCUT2D eigenvalue weighted by Crippen LogP contribution is 2.34. The second-order valence-electron chi connectivity index (χ2n) is 6.60. The molecule has 0 unspecified atom stereocenters. The highest BCUT2D eigenvalue weighted by Gasteiger charge is 2.28. The first-order valence-electron chi connectivity index (χ1n) is 8.97. The second kappa shape index (κ2) is 9.18. The minimum absolute atomic E-state index is 0.0193. The van der Waals surface area contributed by atoms with Crippen LogP contribution in [-0.2, 0) is 16.1 Å². The van der Waals surface area contributed by atoms with Gasteiger partial charge in [0.1, 0.15) is 17.2 Å². The molecule has 0 radical (unpaired) electrons. The fourth-order valence-corrected chi connectivity index (χ4v) is 3.67. The minimum Gasteiger partial charge on any atom is -0.465 e. The molecule has 0 saturated carbocycles. The molecule has 9 heteroatoms. The van der Waals surface area contributed by atoms with E-state index in [0.29, 0.717) is 22.9 Å². The lowest BCUT2D eigenvalue weighted by molar-refractivity contribution is 0.0598. The van der Waals surface area contributed by atoms with Gasteiger partial charge in [0, 0.05) is 30.0 Å². The van der Waals surface area contributed by atoms with Crippen molar-refractivity contribution in [1.82, 2.24) is 4.57 Å². The summed E-state index contributed by atoms with van der Waals surface area (Å²) >= 11 is 12.2. The van der Waals surface area contributed by atoms with Crippen LogP contribution >= 0.6 is 23.2 Å². The first kappa shape index (κ1) is 22.9. The van der Waals surface area contributed by atoms with Crippen LogP contribution in [0.25, 0.3) is 16.8 Å². The van der Waals surface area contributed by atoms with Crippen molar-refractivity contribution in [3.63, 3.8) is 0 Å². The van der Waals surface area contributed by atoms with Crippen molar-refractivity contribution < 1.29 is 23.0 Å². The Morgan fingerprint density at radius 1 is 1.06 bits per heavy atom. The van der Waals surface area contributed by atoms with Crippen molar-refractivity contribution in [2.75, 3.05) is 14.2 Å². The van der Waals surface area contributed by atoms with Crippen molar-refractivity contribution in [3.05, 3.63) is 85.3 Å². The average Bonchev–Trinajstić information content (AvgIpc) is 2.73. The van der Waals surface area contributed by atoms with Crippen LogP contribution in [0.1, 0.15) is 21.6 Å². The van der Waals surface area contributed by atoms with E-state index in [2.05, 4.69) is 0 Å². The molecule has 1 heterocycles. The molecule has 0 N–H and O–H groups in total. The van der Waals surface area contributed by atoms with Gasteiger partial charge in [-0.05, 0) is 36.8 Å². The fourth-order valence-electron chi connectivity index (χ4n) is 3.37. The quantitative estimate of drug-likeness (QED) is 0.475. The van der Waals surface area contributed by atoms with Gasteiger partial charge < -0.3 is 9.47 Å². The van der Waals surface area contributed by atoms with E-state index in [9.17, 15) is 18.4 Å². The monoisotopic (exact) mass is 467 g/mol. The van der Waals surface area contributed by atoms with Gasteiger partial charge in [0.2, 0.25) is 0 Å². The maximum absolute atomic E-state index is 14.6. The maximum atomic E-state index is 14.6. The van der Waals surface area contributed by atoms with E-state index in [-0.39, 0.29) is 33.5 Å². The van der Waals surface area contributed by atoms with E-state index in [0.717, 1.165) is 23.8 Å². The van der Waals surface area contributed by atoms with Gasteiger partial charge in [-0.15, -0.1) is 0 Å². The number of pyridine rings is 1. The Balaban J connectivity index is 2.50. The number of carbonyl (C=O) groups excluding carboxylic acids is 1. The number of esters is 1. The van der Waals surface area contributed by atoms with Crippen LogP contribution in [0.15, 0.2) is 41.2 Å². The first-order chi connectivity index (χ1) is 14.7. The summed E-state index contributed by atoms with van der Waals surface area (Å²) in [5, 5.41) is 0.501. The van der Waals surface area contributed by atoms with Crippen LogP contribution in [0.5, 0.6) is 0 Å². The summed E-state index contributed by atoms with van der Waals surface area (Å²) in [6.07, 6.45) is 0. The Bertz CT molecular complexity index is 1240. The summed E-state index contributed by atoms with van der Waals surface area (Å²) in [6.45, 7) is 1.55. The third-order valence-corrected chi connectivity index (χ3v) is 5.52. The number of hydrogen-bond acceptors (Lipinski definition) is 4. The zero-order valence-electron chi connectivity index (χ0n) is 16.8. The molecule has 0 atom stereocenters. The maximum Gasteiger partial charge on any atom is 0.344 e. The summed E-state index contributed by atoms with van der Waals surface area (Å²) in [6, 6.07) is 7.42. The van der Waals surface area contributed by atoms with Crippen LogP contribution in [0.4, 0.5) is 8.78 Å². The molecular weight excluding hydrogens is 451 g/mol. The molecule has 5 nitrogen and oxygen atoms in total. The summed E-state index contributed by atoms with van der Waals surface area (Å²) in [5.41, 5.74) is -0.0249. The van der Waals surface area contributed by atoms with Gasteiger partial charge in [-0.25, -0.2) is 13.6 Å². The standard InChI is InChI=1S/C22H17Cl2F2NO4/c1-11-14(10-30-2)19(12-4-6-15(23)16(24)8-12)20(22(29)31-3)21(28)27(11)18-7-5-13(25)9-17(18)26/h4-9H,10H2,1-3H3. The molecule has 3 aromatic rings. The predicted molar refractivity (Wildman–Crippen MR) is 114 cm³/mol. The lowest BCUT2D eigenvalue weighted by Crippen LogP contribution is -2.31. The van der Waals surface area contributed by atoms with Crippen molar-refractivity contribution in [1.29, 1.82) is 0 Å². The van der Waals surface area contributed by atoms with Crippen LogP contribution in [0.3, 0.4) is 0 Å². The lowest BCUT2D eigenvalue weighted by Gasteiger charge is -2.21. The van der Waals surface area contributed by atoms with Gasteiger partial charge in [-0.2, -0.15) is 0 Å². The van der Waals surface area contributed by atoms with Gasteiger partial charge >= 0.3 is 5.97 Å². The molecule has 0 aliphatic carbocycles. The molecule has 1 aromatic heterocycles. The molecular formula is C22H17Cl2F2NO4. The van der Waals surface area contributed by atoms with Crippen LogP contribution in [-0.4, -0.2) is 24.8 Å². The average molecular weight is 468 g/mol. The summed E-state index contributed by atoms with van der Waals surface area (Å²) < 4.78 is 39.1. The number of ether oxygens (including phenoxy) is 2. The Kier molecular flexibility index (Phi) is 6.79. The van der Waals surface area contributed by atoms with E-state index in [4.69, 9.17) is 32.7 Å². The van der Waals surface area contributed by atoms with Crippen molar-refractivity contribution in [2.45, 2.75) is 13.5 Å². The number of methoxy groups -OCH3 is 2. The van der Waals surface area contributed by atoms with E-state index >= 15 is 0 Å². The molecule has 0 aliphatic rings. The normalized spacial score (nSPS) is 10.9. The van der Waals surface area contributed by atoms with E-state index in [1.807, 2.05) is 0 Å². The largest absolute Gasteiger partial charge is 0.465 e. The Morgan fingerprint density at radius 2 is 1.77 bits per heavy atom. The molecule has 0 spiro atoms. The van der Waals surface area contributed by atoms with Gasteiger partial charge in [-0.3, -0.25) is 9.36 Å². The molecule has 2 aromatic carbocycles. The van der Waals surface area contributed by atoms with Gasteiger partial charge in [0.15, 0.2) is 0 Å². The third kappa shape index (κ3) is 4.21. The molecule has 0 amide bonds. The van der Waals surface area contributed by atoms with Gasteiger partial charge in [0.25, 0.3) is 5.56 Å². The molecule has 3 rings (SSSR count). The zero-order valence-corrected chi connectivity index (χ0v) is 18.3. The zero-order chi connectivity index (χ0) is 22.9. The van der Waals surface area contributed by atoms with Crippen LogP contribution in [0.2, 0.25) is 10.0 Å². The number of carbonyl (C=O) groups is 1. The highest BCUT2D eigenvalue weighted by atomic mass is 35.5. The summed E-state index contributed by atoms with van der Waals surface area (Å²) in [4.78, 5) is 26.1. The van der Waals surface area contributed by atoms with Crippen LogP contribution < -0.4 is 5.56 Å². The highest BCUT2D eigenvalue weighted by molar-refractivity contribution is 6.42. The third-order valence-electron chi connectivity index (χ3n) is 4.78. The molecule has 0 aliphatic heterocycles. The molecule has 162 valence electrons. The number of aromatic nitrogens is 1. The molecule has 0 fully saturated rings. The second-order valence-corrected chi connectivity index (χ2v) is 7.42. The molecule has 0 bridgehead atoms. The Hall–Kier alpha value is -2.74.